The summed E-state index contributed by atoms with van der Waals surface area (Å²) in [7, 11) is 1.35. The van der Waals surface area contributed by atoms with Gasteiger partial charge in [-0.25, -0.2) is 4.79 Å². The lowest BCUT2D eigenvalue weighted by molar-refractivity contribution is 0.0604. The second kappa shape index (κ2) is 6.93. The van der Waals surface area contributed by atoms with Gasteiger partial charge < -0.3 is 15.8 Å². The van der Waals surface area contributed by atoms with Gasteiger partial charge in [0.05, 0.1) is 17.7 Å². The Balaban J connectivity index is 2.44. The van der Waals surface area contributed by atoms with E-state index < -0.39 is 5.97 Å². The normalized spacial score (nSPS) is 15.1. The summed E-state index contributed by atoms with van der Waals surface area (Å²) in [6.07, 6.45) is 5.09. The number of anilines is 1. The van der Waals surface area contributed by atoms with Crippen molar-refractivity contribution in [3.63, 3.8) is 0 Å². The summed E-state index contributed by atoms with van der Waals surface area (Å²) in [6, 6.07) is 0. The van der Waals surface area contributed by atoms with E-state index in [2.05, 4.69) is 5.32 Å². The quantitative estimate of drug-likeness (QED) is 0.819. The van der Waals surface area contributed by atoms with Crippen molar-refractivity contribution in [1.82, 2.24) is 5.32 Å². The molecule has 1 amide bonds. The molecule has 0 saturated heterocycles. The lowest BCUT2D eigenvalue weighted by Crippen LogP contribution is -2.26. The highest BCUT2D eigenvalue weighted by Gasteiger charge is 2.32. The molecule has 21 heavy (non-hydrogen) atoms. The molecule has 1 aliphatic carbocycles. The number of nitrogens with two attached hydrogens (primary N) is 1. The van der Waals surface area contributed by atoms with E-state index >= 15 is 0 Å². The van der Waals surface area contributed by atoms with E-state index in [-0.39, 0.29) is 11.8 Å². The third-order valence-corrected chi connectivity index (χ3v) is 4.88. The predicted molar refractivity (Wildman–Crippen MR) is 83.9 cm³/mol. The lowest BCUT2D eigenvalue weighted by Gasteiger charge is -2.13. The molecule has 1 saturated carbocycles. The smallest absolute Gasteiger partial charge is 0.348 e. The number of rotatable bonds is 5. The maximum Gasteiger partial charge on any atom is 0.348 e. The van der Waals surface area contributed by atoms with Gasteiger partial charge in [0.15, 0.2) is 0 Å². The predicted octanol–water partition coefficient (Wildman–Crippen LogP) is 2.91. The van der Waals surface area contributed by atoms with Crippen molar-refractivity contribution >= 4 is 28.2 Å². The van der Waals surface area contributed by atoms with Gasteiger partial charge in [0.1, 0.15) is 4.88 Å². The van der Waals surface area contributed by atoms with Crippen molar-refractivity contribution in [2.45, 2.75) is 44.9 Å². The summed E-state index contributed by atoms with van der Waals surface area (Å²) in [5.74, 6) is -0.346. The van der Waals surface area contributed by atoms with E-state index in [1.54, 1.807) is 0 Å². The van der Waals surface area contributed by atoms with Crippen LogP contribution >= 0.6 is 11.3 Å². The van der Waals surface area contributed by atoms with Gasteiger partial charge in [0.2, 0.25) is 0 Å². The van der Waals surface area contributed by atoms with Crippen molar-refractivity contribution in [3.05, 3.63) is 16.0 Å². The standard InChI is InChI=1S/C15H22N2O3S/c1-3-8-17-14(18)11-10(9-6-4-5-7-9)12(15(19)20-2)21-13(11)16/h9H,3-8,16H2,1-2H3,(H,17,18). The zero-order valence-corrected chi connectivity index (χ0v) is 13.3. The molecule has 0 aromatic carbocycles. The fourth-order valence-corrected chi connectivity index (χ4v) is 3.94. The number of amides is 1. The third kappa shape index (κ3) is 3.20. The number of hydrogen-bond donors (Lipinski definition) is 2. The van der Waals surface area contributed by atoms with Gasteiger partial charge in [0.25, 0.3) is 5.91 Å². The summed E-state index contributed by atoms with van der Waals surface area (Å²) >= 11 is 1.16. The SMILES string of the molecule is CCCNC(=O)c1c(N)sc(C(=O)OC)c1C1CCCC1. The topological polar surface area (TPSA) is 81.4 Å². The highest BCUT2D eigenvalue weighted by molar-refractivity contribution is 7.18. The van der Waals surface area contributed by atoms with E-state index in [0.29, 0.717) is 22.0 Å². The van der Waals surface area contributed by atoms with E-state index in [1.807, 2.05) is 6.92 Å². The summed E-state index contributed by atoms with van der Waals surface area (Å²) < 4.78 is 4.85. The first-order valence-corrected chi connectivity index (χ1v) is 8.20. The molecule has 1 aromatic heterocycles. The van der Waals surface area contributed by atoms with Crippen LogP contribution in [0.25, 0.3) is 0 Å². The highest BCUT2D eigenvalue weighted by Crippen LogP contribution is 2.43. The van der Waals surface area contributed by atoms with Crippen LogP contribution in [0.1, 0.15) is 70.5 Å². The molecule has 1 heterocycles. The molecule has 0 spiro atoms. The van der Waals surface area contributed by atoms with Crippen LogP contribution in [0.2, 0.25) is 0 Å². The average molecular weight is 310 g/mol. The minimum atomic E-state index is -0.400. The molecule has 116 valence electrons. The van der Waals surface area contributed by atoms with Crippen molar-refractivity contribution in [1.29, 1.82) is 0 Å². The Hall–Kier alpha value is -1.56. The molecule has 0 atom stereocenters. The monoisotopic (exact) mass is 310 g/mol. The maximum atomic E-state index is 12.4. The summed E-state index contributed by atoms with van der Waals surface area (Å²) in [6.45, 7) is 2.60. The summed E-state index contributed by atoms with van der Waals surface area (Å²) in [5.41, 5.74) is 7.31. The molecule has 1 fully saturated rings. The molecule has 6 heteroatoms. The van der Waals surface area contributed by atoms with Gasteiger partial charge in [0, 0.05) is 6.54 Å². The number of methoxy groups -OCH3 is 1. The Morgan fingerprint density at radius 1 is 1.38 bits per heavy atom. The molecule has 0 bridgehead atoms. The zero-order chi connectivity index (χ0) is 15.4. The van der Waals surface area contributed by atoms with Crippen LogP contribution in [0.15, 0.2) is 0 Å². The molecule has 2 rings (SSSR count). The van der Waals surface area contributed by atoms with E-state index in [1.165, 1.54) is 7.11 Å². The number of carbonyl (C=O) groups is 2. The van der Waals surface area contributed by atoms with Crippen molar-refractivity contribution in [3.8, 4) is 0 Å². The van der Waals surface area contributed by atoms with Crippen LogP contribution in [0.4, 0.5) is 5.00 Å². The Bertz CT molecular complexity index is 533. The van der Waals surface area contributed by atoms with Gasteiger partial charge in [-0.3, -0.25) is 4.79 Å². The minimum Gasteiger partial charge on any atom is -0.465 e. The van der Waals surface area contributed by atoms with Gasteiger partial charge >= 0.3 is 5.97 Å². The largest absolute Gasteiger partial charge is 0.465 e. The molecule has 1 aromatic rings. The van der Waals surface area contributed by atoms with Crippen LogP contribution < -0.4 is 11.1 Å². The first-order chi connectivity index (χ1) is 10.1. The average Bonchev–Trinajstić information content (AvgIpc) is 3.10. The Labute approximate surface area is 128 Å². The molecule has 0 radical (unpaired) electrons. The van der Waals surface area contributed by atoms with Gasteiger partial charge in [-0.15, -0.1) is 11.3 Å². The first kappa shape index (κ1) is 15.8. The first-order valence-electron chi connectivity index (χ1n) is 7.38. The summed E-state index contributed by atoms with van der Waals surface area (Å²) in [5, 5.41) is 3.27. The highest BCUT2D eigenvalue weighted by atomic mass is 32.1. The number of hydrogen-bond acceptors (Lipinski definition) is 5. The molecular formula is C15H22N2O3S. The van der Waals surface area contributed by atoms with Crippen molar-refractivity contribution in [2.75, 3.05) is 19.4 Å². The number of carbonyl (C=O) groups excluding carboxylic acids is 2. The fourth-order valence-electron chi connectivity index (χ4n) is 2.87. The second-order valence-electron chi connectivity index (χ2n) is 5.31. The number of nitrogen functional groups attached to an aromatic ring is 1. The van der Waals surface area contributed by atoms with Gasteiger partial charge in [-0.05, 0) is 30.7 Å². The second-order valence-corrected chi connectivity index (χ2v) is 6.37. The number of ether oxygens (including phenoxy) is 1. The summed E-state index contributed by atoms with van der Waals surface area (Å²) in [4.78, 5) is 24.9. The maximum absolute atomic E-state index is 12.4. The Morgan fingerprint density at radius 3 is 2.62 bits per heavy atom. The van der Waals surface area contributed by atoms with Crippen molar-refractivity contribution < 1.29 is 14.3 Å². The van der Waals surface area contributed by atoms with E-state index in [4.69, 9.17) is 10.5 Å². The van der Waals surface area contributed by atoms with Crippen LogP contribution in [0.5, 0.6) is 0 Å². The third-order valence-electron chi connectivity index (χ3n) is 3.87. The molecule has 5 nitrogen and oxygen atoms in total. The molecule has 0 aliphatic heterocycles. The fraction of sp³-hybridized carbons (Fsp3) is 0.600. The number of nitrogens with one attached hydrogen (secondary N) is 1. The van der Waals surface area contributed by atoms with Crippen molar-refractivity contribution in [2.24, 2.45) is 0 Å². The Kier molecular flexibility index (Phi) is 5.22. The van der Waals surface area contributed by atoms with Crippen LogP contribution in [-0.2, 0) is 4.74 Å². The van der Waals surface area contributed by atoms with Gasteiger partial charge in [-0.1, -0.05) is 19.8 Å². The number of esters is 1. The minimum absolute atomic E-state index is 0.178. The molecule has 0 unspecified atom stereocenters. The molecule has 3 N–H and O–H groups in total. The zero-order valence-electron chi connectivity index (χ0n) is 12.5. The van der Waals surface area contributed by atoms with E-state index in [0.717, 1.165) is 49.0 Å². The van der Waals surface area contributed by atoms with Gasteiger partial charge in [-0.2, -0.15) is 0 Å². The van der Waals surface area contributed by atoms with Crippen LogP contribution in [0.3, 0.4) is 0 Å². The van der Waals surface area contributed by atoms with E-state index in [9.17, 15) is 9.59 Å². The lowest BCUT2D eigenvalue weighted by atomic mass is 9.93. The number of thiophene rings is 1. The van der Waals surface area contributed by atoms with Crippen LogP contribution in [0, 0.1) is 0 Å². The molecular weight excluding hydrogens is 288 g/mol. The molecule has 1 aliphatic rings. The van der Waals surface area contributed by atoms with Crippen LogP contribution in [-0.4, -0.2) is 25.5 Å². The Morgan fingerprint density at radius 2 is 2.05 bits per heavy atom.